The van der Waals surface area contributed by atoms with Crippen molar-refractivity contribution in [2.24, 2.45) is 0 Å². The fraction of sp³-hybridized carbons (Fsp3) is 0.462. The molecule has 0 aromatic carbocycles. The van der Waals surface area contributed by atoms with Gasteiger partial charge in [-0.25, -0.2) is 9.78 Å². The van der Waals surface area contributed by atoms with Gasteiger partial charge >= 0.3 is 11.9 Å². The Balaban J connectivity index is 3.15. The highest BCUT2D eigenvalue weighted by molar-refractivity contribution is 5.95. The summed E-state index contributed by atoms with van der Waals surface area (Å²) in [7, 11) is 0. The van der Waals surface area contributed by atoms with Crippen LogP contribution in [-0.4, -0.2) is 41.2 Å². The molecule has 19 heavy (non-hydrogen) atoms. The van der Waals surface area contributed by atoms with Crippen LogP contribution < -0.4 is 4.90 Å². The highest BCUT2D eigenvalue weighted by Crippen LogP contribution is 2.20. The second-order valence-corrected chi connectivity index (χ2v) is 4.21. The van der Waals surface area contributed by atoms with Gasteiger partial charge in [-0.1, -0.05) is 0 Å². The van der Waals surface area contributed by atoms with E-state index in [1.165, 1.54) is 6.20 Å². The quantitative estimate of drug-likeness (QED) is 0.787. The number of nitrogens with zero attached hydrogens (tertiary/aromatic N) is 2. The van der Waals surface area contributed by atoms with Gasteiger partial charge in [-0.2, -0.15) is 0 Å². The second-order valence-electron chi connectivity index (χ2n) is 4.21. The monoisotopic (exact) mass is 266 g/mol. The molecule has 1 aromatic rings. The lowest BCUT2D eigenvalue weighted by molar-refractivity contribution is -0.135. The summed E-state index contributed by atoms with van der Waals surface area (Å²) >= 11 is 0. The SMILES string of the molecule is CCOC(=O)c1cccnc1N(CC(=O)O)C(C)C. The van der Waals surface area contributed by atoms with Crippen molar-refractivity contribution in [3.8, 4) is 0 Å². The average Bonchev–Trinajstić information content (AvgIpc) is 2.36. The topological polar surface area (TPSA) is 79.7 Å². The van der Waals surface area contributed by atoms with E-state index in [1.807, 2.05) is 13.8 Å². The number of ether oxygens (including phenoxy) is 1. The highest BCUT2D eigenvalue weighted by Gasteiger charge is 2.22. The van der Waals surface area contributed by atoms with E-state index in [-0.39, 0.29) is 24.8 Å². The van der Waals surface area contributed by atoms with Crippen LogP contribution in [0.1, 0.15) is 31.1 Å². The highest BCUT2D eigenvalue weighted by atomic mass is 16.5. The van der Waals surface area contributed by atoms with Gasteiger partial charge in [0.05, 0.1) is 6.61 Å². The maximum absolute atomic E-state index is 11.8. The molecule has 0 amide bonds. The molecule has 1 N–H and O–H groups in total. The molecule has 6 heteroatoms. The molecule has 0 atom stereocenters. The van der Waals surface area contributed by atoms with Gasteiger partial charge < -0.3 is 14.7 Å². The van der Waals surface area contributed by atoms with Gasteiger partial charge in [-0.15, -0.1) is 0 Å². The summed E-state index contributed by atoms with van der Waals surface area (Å²) in [5.41, 5.74) is 0.277. The van der Waals surface area contributed by atoms with Crippen LogP contribution >= 0.6 is 0 Å². The van der Waals surface area contributed by atoms with Gasteiger partial charge in [-0.3, -0.25) is 4.79 Å². The Morgan fingerprint density at radius 3 is 2.68 bits per heavy atom. The molecule has 1 aromatic heterocycles. The Hall–Kier alpha value is -2.11. The summed E-state index contributed by atoms with van der Waals surface area (Å²) in [5.74, 6) is -1.14. The molecule has 0 saturated heterocycles. The molecule has 104 valence electrons. The van der Waals surface area contributed by atoms with Crippen LogP contribution in [0.5, 0.6) is 0 Å². The Labute approximate surface area is 112 Å². The smallest absolute Gasteiger partial charge is 0.341 e. The van der Waals surface area contributed by atoms with Crippen molar-refractivity contribution in [2.45, 2.75) is 26.8 Å². The lowest BCUT2D eigenvalue weighted by atomic mass is 10.2. The van der Waals surface area contributed by atoms with Gasteiger partial charge in [0, 0.05) is 12.2 Å². The third-order valence-electron chi connectivity index (χ3n) is 2.48. The van der Waals surface area contributed by atoms with Crippen molar-refractivity contribution in [1.29, 1.82) is 0 Å². The zero-order valence-corrected chi connectivity index (χ0v) is 11.3. The zero-order valence-electron chi connectivity index (χ0n) is 11.3. The third kappa shape index (κ3) is 3.94. The van der Waals surface area contributed by atoms with Crippen molar-refractivity contribution in [3.63, 3.8) is 0 Å². The van der Waals surface area contributed by atoms with Gasteiger partial charge in [0.25, 0.3) is 0 Å². The molecule has 1 rings (SSSR count). The van der Waals surface area contributed by atoms with Crippen LogP contribution in [0.25, 0.3) is 0 Å². The molecule has 0 spiro atoms. The molecular formula is C13H18N2O4. The Bertz CT molecular complexity index is 460. The normalized spacial score (nSPS) is 10.3. The molecule has 0 aliphatic heterocycles. The zero-order chi connectivity index (χ0) is 14.4. The molecule has 0 bridgehead atoms. The molecule has 0 aliphatic rings. The lowest BCUT2D eigenvalue weighted by Gasteiger charge is -2.27. The molecular weight excluding hydrogens is 248 g/mol. The van der Waals surface area contributed by atoms with Gasteiger partial charge in [-0.05, 0) is 32.9 Å². The van der Waals surface area contributed by atoms with E-state index in [4.69, 9.17) is 9.84 Å². The van der Waals surface area contributed by atoms with Crippen molar-refractivity contribution >= 4 is 17.8 Å². The van der Waals surface area contributed by atoms with Gasteiger partial charge in [0.1, 0.15) is 17.9 Å². The predicted molar refractivity (Wildman–Crippen MR) is 70.3 cm³/mol. The van der Waals surface area contributed by atoms with Crippen LogP contribution in [0, 0.1) is 0 Å². The Morgan fingerprint density at radius 1 is 1.47 bits per heavy atom. The van der Waals surface area contributed by atoms with Crippen LogP contribution in [0.3, 0.4) is 0 Å². The average molecular weight is 266 g/mol. The van der Waals surface area contributed by atoms with Gasteiger partial charge in [0.2, 0.25) is 0 Å². The van der Waals surface area contributed by atoms with Crippen molar-refractivity contribution in [3.05, 3.63) is 23.9 Å². The van der Waals surface area contributed by atoms with E-state index in [0.29, 0.717) is 5.82 Å². The first kappa shape index (κ1) is 14.9. The first-order chi connectivity index (χ1) is 8.97. The lowest BCUT2D eigenvalue weighted by Crippen LogP contribution is -2.37. The largest absolute Gasteiger partial charge is 0.480 e. The molecule has 0 unspecified atom stereocenters. The molecule has 1 heterocycles. The van der Waals surface area contributed by atoms with E-state index >= 15 is 0 Å². The van der Waals surface area contributed by atoms with Crippen molar-refractivity contribution < 1.29 is 19.4 Å². The summed E-state index contributed by atoms with van der Waals surface area (Å²) in [6, 6.07) is 3.10. The summed E-state index contributed by atoms with van der Waals surface area (Å²) in [5, 5.41) is 8.94. The minimum atomic E-state index is -0.978. The minimum absolute atomic E-state index is 0.0980. The molecule has 0 aliphatic carbocycles. The minimum Gasteiger partial charge on any atom is -0.480 e. The fourth-order valence-corrected chi connectivity index (χ4v) is 1.64. The van der Waals surface area contributed by atoms with E-state index in [2.05, 4.69) is 4.98 Å². The first-order valence-electron chi connectivity index (χ1n) is 6.08. The van der Waals surface area contributed by atoms with E-state index in [1.54, 1.807) is 24.0 Å². The maximum Gasteiger partial charge on any atom is 0.341 e. The summed E-state index contributed by atoms with van der Waals surface area (Å²) in [4.78, 5) is 28.4. The van der Waals surface area contributed by atoms with Crippen LogP contribution in [0.4, 0.5) is 5.82 Å². The number of carbonyl (C=O) groups is 2. The number of aliphatic carboxylic acids is 1. The second kappa shape index (κ2) is 6.72. The number of carbonyl (C=O) groups excluding carboxylic acids is 1. The number of rotatable bonds is 6. The number of carboxylic acids is 1. The van der Waals surface area contributed by atoms with Gasteiger partial charge in [0.15, 0.2) is 0 Å². The number of aromatic nitrogens is 1. The number of anilines is 1. The maximum atomic E-state index is 11.8. The van der Waals surface area contributed by atoms with Crippen LogP contribution in [0.15, 0.2) is 18.3 Å². The number of hydrogen-bond acceptors (Lipinski definition) is 5. The standard InChI is InChI=1S/C13H18N2O4/c1-4-19-13(18)10-6-5-7-14-12(10)15(9(2)3)8-11(16)17/h5-7,9H,4,8H2,1-3H3,(H,16,17). The predicted octanol–water partition coefficient (Wildman–Crippen LogP) is 1.56. The van der Waals surface area contributed by atoms with E-state index < -0.39 is 11.9 Å². The fourth-order valence-electron chi connectivity index (χ4n) is 1.64. The molecule has 6 nitrogen and oxygen atoms in total. The van der Waals surface area contributed by atoms with Crippen LogP contribution in [-0.2, 0) is 9.53 Å². The molecule has 0 saturated carbocycles. The Morgan fingerprint density at radius 2 is 2.16 bits per heavy atom. The Kier molecular flexibility index (Phi) is 5.29. The number of carboxylic acid groups (broad SMARTS) is 1. The molecule has 0 radical (unpaired) electrons. The third-order valence-corrected chi connectivity index (χ3v) is 2.48. The van der Waals surface area contributed by atoms with Crippen molar-refractivity contribution in [2.75, 3.05) is 18.1 Å². The summed E-state index contributed by atoms with van der Waals surface area (Å²) in [6.45, 7) is 5.43. The van der Waals surface area contributed by atoms with Crippen molar-refractivity contribution in [1.82, 2.24) is 4.98 Å². The first-order valence-corrected chi connectivity index (χ1v) is 6.08. The molecule has 0 fully saturated rings. The van der Waals surface area contributed by atoms with Crippen LogP contribution in [0.2, 0.25) is 0 Å². The van der Waals surface area contributed by atoms with E-state index in [9.17, 15) is 9.59 Å². The number of esters is 1. The number of hydrogen-bond donors (Lipinski definition) is 1. The number of pyridine rings is 1. The summed E-state index contributed by atoms with van der Waals surface area (Å²) < 4.78 is 4.95. The summed E-state index contributed by atoms with van der Waals surface area (Å²) in [6.07, 6.45) is 1.52. The van der Waals surface area contributed by atoms with E-state index in [0.717, 1.165) is 0 Å².